The van der Waals surface area contributed by atoms with E-state index in [1.807, 2.05) is 74.4 Å². The molecule has 0 aliphatic rings. The quantitative estimate of drug-likeness (QED) is 0.639. The van der Waals surface area contributed by atoms with E-state index in [0.29, 0.717) is 11.5 Å². The van der Waals surface area contributed by atoms with Gasteiger partial charge in [-0.15, -0.1) is 0 Å². The minimum atomic E-state index is -0.761. The fourth-order valence-corrected chi connectivity index (χ4v) is 2.03. The van der Waals surface area contributed by atoms with Crippen LogP contribution in [-0.2, 0) is 0 Å². The number of para-hydroxylation sites is 4. The molecular weight excluding hydrogens is 280 g/mol. The van der Waals surface area contributed by atoms with Gasteiger partial charge in [0, 0.05) is 28.2 Å². The summed E-state index contributed by atoms with van der Waals surface area (Å²) in [6.45, 7) is 0. The topological polar surface area (TPSA) is 42.0 Å². The fourth-order valence-electron chi connectivity index (χ4n) is 2.03. The molecule has 0 N–H and O–H groups in total. The predicted octanol–water partition coefficient (Wildman–Crippen LogP) is 3.40. The Morgan fingerprint density at radius 1 is 0.727 bits per heavy atom. The van der Waals surface area contributed by atoms with Crippen molar-refractivity contribution < 1.29 is 14.3 Å². The maximum Gasteiger partial charge on any atom is 0.519 e. The van der Waals surface area contributed by atoms with Crippen LogP contribution in [0.1, 0.15) is 0 Å². The highest BCUT2D eigenvalue weighted by Crippen LogP contribution is 2.29. The van der Waals surface area contributed by atoms with E-state index in [0.717, 1.165) is 11.4 Å². The minimum absolute atomic E-state index is 0.458. The average molecular weight is 300 g/mol. The number of carbonyl (C=O) groups excluding carboxylic acids is 1. The Hall–Kier alpha value is -2.69. The Bertz CT molecular complexity index is 598. The smallest absolute Gasteiger partial charge is 0.392 e. The molecule has 5 heteroatoms. The Morgan fingerprint density at radius 2 is 1.09 bits per heavy atom. The van der Waals surface area contributed by atoms with Crippen molar-refractivity contribution in [3.63, 3.8) is 0 Å². The molecular formula is C17H20N2O3. The molecule has 0 atom stereocenters. The van der Waals surface area contributed by atoms with E-state index in [2.05, 4.69) is 0 Å². The van der Waals surface area contributed by atoms with Crippen LogP contribution in [0.4, 0.5) is 16.2 Å². The Morgan fingerprint density at radius 3 is 1.45 bits per heavy atom. The van der Waals surface area contributed by atoms with E-state index in [4.69, 9.17) is 9.47 Å². The summed E-state index contributed by atoms with van der Waals surface area (Å²) in [6.07, 6.45) is -0.761. The SMILES string of the molecule is CN(C)c1ccccc1OC(=O)Oc1ccccc1N(C)C. The summed E-state index contributed by atoms with van der Waals surface area (Å²) in [5, 5.41) is 0. The van der Waals surface area contributed by atoms with E-state index in [1.165, 1.54) is 0 Å². The molecule has 0 radical (unpaired) electrons. The van der Waals surface area contributed by atoms with E-state index in [1.54, 1.807) is 12.1 Å². The number of rotatable bonds is 4. The third-order valence-corrected chi connectivity index (χ3v) is 3.08. The van der Waals surface area contributed by atoms with Crippen LogP contribution in [0.5, 0.6) is 11.5 Å². The number of ether oxygens (including phenoxy) is 2. The van der Waals surface area contributed by atoms with Crippen LogP contribution < -0.4 is 19.3 Å². The molecule has 0 aliphatic heterocycles. The van der Waals surface area contributed by atoms with Gasteiger partial charge in [-0.3, -0.25) is 0 Å². The van der Waals surface area contributed by atoms with Gasteiger partial charge in [0.1, 0.15) is 0 Å². The Labute approximate surface area is 130 Å². The number of benzene rings is 2. The molecule has 0 saturated heterocycles. The average Bonchev–Trinajstić information content (AvgIpc) is 2.47. The van der Waals surface area contributed by atoms with Crippen LogP contribution in [0.25, 0.3) is 0 Å². The molecule has 0 bridgehead atoms. The Kier molecular flexibility index (Phi) is 4.88. The summed E-state index contributed by atoms with van der Waals surface area (Å²) in [6, 6.07) is 14.6. The van der Waals surface area contributed by atoms with Crippen LogP contribution in [0.2, 0.25) is 0 Å². The van der Waals surface area contributed by atoms with Crippen molar-refractivity contribution in [3.8, 4) is 11.5 Å². The van der Waals surface area contributed by atoms with Crippen LogP contribution in [0, 0.1) is 0 Å². The number of nitrogens with zero attached hydrogens (tertiary/aromatic N) is 2. The number of hydrogen-bond donors (Lipinski definition) is 0. The van der Waals surface area contributed by atoms with Gasteiger partial charge < -0.3 is 19.3 Å². The van der Waals surface area contributed by atoms with Gasteiger partial charge in [-0.2, -0.15) is 0 Å². The number of carbonyl (C=O) groups is 1. The maximum atomic E-state index is 12.1. The van der Waals surface area contributed by atoms with E-state index in [9.17, 15) is 4.79 Å². The van der Waals surface area contributed by atoms with Crippen LogP contribution in [-0.4, -0.2) is 34.3 Å². The van der Waals surface area contributed by atoms with Gasteiger partial charge in [0.05, 0.1) is 11.4 Å². The summed E-state index contributed by atoms with van der Waals surface area (Å²) in [5.41, 5.74) is 1.61. The molecule has 0 spiro atoms. The molecule has 0 aromatic heterocycles. The first-order chi connectivity index (χ1) is 10.5. The molecule has 5 nitrogen and oxygen atoms in total. The van der Waals surface area contributed by atoms with Crippen molar-refractivity contribution in [1.29, 1.82) is 0 Å². The van der Waals surface area contributed by atoms with Gasteiger partial charge in [-0.05, 0) is 24.3 Å². The zero-order valence-corrected chi connectivity index (χ0v) is 13.2. The lowest BCUT2D eigenvalue weighted by Crippen LogP contribution is -2.18. The normalized spacial score (nSPS) is 10.0. The van der Waals surface area contributed by atoms with Gasteiger partial charge in [0.25, 0.3) is 0 Å². The lowest BCUT2D eigenvalue weighted by Gasteiger charge is -2.18. The molecule has 0 fully saturated rings. The second kappa shape index (κ2) is 6.85. The lowest BCUT2D eigenvalue weighted by molar-refractivity contribution is 0.152. The van der Waals surface area contributed by atoms with Crippen LogP contribution >= 0.6 is 0 Å². The van der Waals surface area contributed by atoms with Crippen molar-refractivity contribution in [2.45, 2.75) is 0 Å². The van der Waals surface area contributed by atoms with Gasteiger partial charge in [0.15, 0.2) is 11.5 Å². The van der Waals surface area contributed by atoms with Crippen molar-refractivity contribution in [3.05, 3.63) is 48.5 Å². The van der Waals surface area contributed by atoms with E-state index >= 15 is 0 Å². The van der Waals surface area contributed by atoms with Crippen LogP contribution in [0.15, 0.2) is 48.5 Å². The van der Waals surface area contributed by atoms with Crippen molar-refractivity contribution in [1.82, 2.24) is 0 Å². The molecule has 0 amide bonds. The third kappa shape index (κ3) is 3.69. The standard InChI is InChI=1S/C17H20N2O3/c1-18(2)13-9-5-7-11-15(13)21-17(20)22-16-12-8-6-10-14(16)19(3)4/h5-12H,1-4H3. The van der Waals surface area contributed by atoms with Crippen molar-refractivity contribution >= 4 is 17.5 Å². The summed E-state index contributed by atoms with van der Waals surface area (Å²) in [7, 11) is 7.54. The second-order valence-electron chi connectivity index (χ2n) is 5.18. The minimum Gasteiger partial charge on any atom is -0.392 e. The van der Waals surface area contributed by atoms with Gasteiger partial charge in [0.2, 0.25) is 0 Å². The molecule has 0 unspecified atom stereocenters. The van der Waals surface area contributed by atoms with Crippen molar-refractivity contribution in [2.75, 3.05) is 38.0 Å². The summed E-state index contributed by atoms with van der Waals surface area (Å²) in [5.74, 6) is 0.916. The molecule has 2 aromatic rings. The predicted molar refractivity (Wildman–Crippen MR) is 88.2 cm³/mol. The molecule has 0 aliphatic carbocycles. The third-order valence-electron chi connectivity index (χ3n) is 3.08. The fraction of sp³-hybridized carbons (Fsp3) is 0.235. The van der Waals surface area contributed by atoms with E-state index < -0.39 is 6.16 Å². The highest BCUT2D eigenvalue weighted by molar-refractivity contribution is 5.73. The summed E-state index contributed by atoms with van der Waals surface area (Å²) >= 11 is 0. The molecule has 0 saturated carbocycles. The Balaban J connectivity index is 2.15. The number of anilines is 2. The highest BCUT2D eigenvalue weighted by atomic mass is 16.7. The van der Waals surface area contributed by atoms with Gasteiger partial charge in [-0.1, -0.05) is 24.3 Å². The first kappa shape index (κ1) is 15.7. The maximum absolute atomic E-state index is 12.1. The number of hydrogen-bond acceptors (Lipinski definition) is 5. The first-order valence-electron chi connectivity index (χ1n) is 6.91. The van der Waals surface area contributed by atoms with Gasteiger partial charge in [-0.25, -0.2) is 4.79 Å². The summed E-state index contributed by atoms with van der Waals surface area (Å²) < 4.78 is 10.6. The molecule has 22 heavy (non-hydrogen) atoms. The monoisotopic (exact) mass is 300 g/mol. The van der Waals surface area contributed by atoms with Gasteiger partial charge >= 0.3 is 6.16 Å². The van der Waals surface area contributed by atoms with Crippen molar-refractivity contribution in [2.24, 2.45) is 0 Å². The zero-order valence-electron chi connectivity index (χ0n) is 13.2. The largest absolute Gasteiger partial charge is 0.519 e. The molecule has 2 rings (SSSR count). The van der Waals surface area contributed by atoms with Crippen LogP contribution in [0.3, 0.4) is 0 Å². The lowest BCUT2D eigenvalue weighted by atomic mass is 10.3. The second-order valence-corrected chi connectivity index (χ2v) is 5.18. The van der Waals surface area contributed by atoms with E-state index in [-0.39, 0.29) is 0 Å². The molecule has 116 valence electrons. The summed E-state index contributed by atoms with van der Waals surface area (Å²) in [4.78, 5) is 15.8. The first-order valence-corrected chi connectivity index (χ1v) is 6.91. The zero-order chi connectivity index (χ0) is 16.1. The molecule has 0 heterocycles. The highest BCUT2D eigenvalue weighted by Gasteiger charge is 2.14. The molecule has 2 aromatic carbocycles.